The molecule has 7 nitrogen and oxygen atoms in total. The van der Waals surface area contributed by atoms with Crippen LogP contribution in [0.5, 0.6) is 11.5 Å². The second-order valence-corrected chi connectivity index (χ2v) is 6.80. The summed E-state index contributed by atoms with van der Waals surface area (Å²) in [5.74, 6) is 1.26. The monoisotopic (exact) mass is 414 g/mol. The van der Waals surface area contributed by atoms with Gasteiger partial charge >= 0.3 is 0 Å². The first-order valence-electron chi connectivity index (χ1n) is 9.74. The van der Waals surface area contributed by atoms with Crippen molar-refractivity contribution in [3.63, 3.8) is 0 Å². The molecule has 0 saturated carbocycles. The molecule has 0 aliphatic rings. The van der Waals surface area contributed by atoms with Crippen molar-refractivity contribution in [1.82, 2.24) is 20.1 Å². The van der Waals surface area contributed by atoms with Gasteiger partial charge in [-0.3, -0.25) is 9.78 Å². The highest BCUT2D eigenvalue weighted by Crippen LogP contribution is 2.25. The van der Waals surface area contributed by atoms with E-state index in [-0.39, 0.29) is 5.91 Å². The predicted octanol–water partition coefficient (Wildman–Crippen LogP) is 3.88. The summed E-state index contributed by atoms with van der Waals surface area (Å²) in [6.45, 7) is 0.373. The molecule has 2 aromatic heterocycles. The molecule has 2 aromatic carbocycles. The summed E-state index contributed by atoms with van der Waals surface area (Å²) in [5.41, 5.74) is 3.67. The molecule has 0 radical (unpaired) electrons. The molecule has 1 N–H and O–H groups in total. The summed E-state index contributed by atoms with van der Waals surface area (Å²) in [5, 5.41) is 7.65. The molecular weight excluding hydrogens is 392 g/mol. The average Bonchev–Trinajstić information content (AvgIpc) is 3.29. The third kappa shape index (κ3) is 4.56. The van der Waals surface area contributed by atoms with Gasteiger partial charge in [0.15, 0.2) is 0 Å². The average molecular weight is 414 g/mol. The second kappa shape index (κ2) is 9.13. The second-order valence-electron chi connectivity index (χ2n) is 6.80. The van der Waals surface area contributed by atoms with Gasteiger partial charge in [-0.2, -0.15) is 5.10 Å². The number of carbonyl (C=O) groups excluding carboxylic acids is 1. The van der Waals surface area contributed by atoms with Crippen LogP contribution in [-0.4, -0.2) is 34.9 Å². The SMILES string of the molecule is COc1ccc(-c2cc(C(=O)NCc3cccnc3)n(-c3ccc(OC)cc3)n2)cc1. The van der Waals surface area contributed by atoms with E-state index in [2.05, 4.69) is 10.3 Å². The van der Waals surface area contributed by atoms with Crippen LogP contribution in [0.4, 0.5) is 0 Å². The van der Waals surface area contributed by atoms with E-state index >= 15 is 0 Å². The number of nitrogens with one attached hydrogen (secondary N) is 1. The van der Waals surface area contributed by atoms with Gasteiger partial charge in [-0.05, 0) is 66.2 Å². The van der Waals surface area contributed by atoms with Crippen LogP contribution in [-0.2, 0) is 6.54 Å². The molecule has 0 spiro atoms. The molecule has 1 amide bonds. The summed E-state index contributed by atoms with van der Waals surface area (Å²) in [6.07, 6.45) is 3.43. The van der Waals surface area contributed by atoms with Crippen LogP contribution in [0.2, 0.25) is 0 Å². The van der Waals surface area contributed by atoms with E-state index in [1.54, 1.807) is 37.4 Å². The Labute approximate surface area is 180 Å². The van der Waals surface area contributed by atoms with Crippen LogP contribution < -0.4 is 14.8 Å². The molecule has 0 aliphatic carbocycles. The highest BCUT2D eigenvalue weighted by atomic mass is 16.5. The number of hydrogen-bond donors (Lipinski definition) is 1. The lowest BCUT2D eigenvalue weighted by atomic mass is 10.1. The highest BCUT2D eigenvalue weighted by molar-refractivity contribution is 5.94. The molecule has 0 bridgehead atoms. The summed E-state index contributed by atoms with van der Waals surface area (Å²) in [4.78, 5) is 17.1. The Hall–Kier alpha value is -4.13. The molecule has 0 aliphatic heterocycles. The van der Waals surface area contributed by atoms with Crippen molar-refractivity contribution in [2.75, 3.05) is 14.2 Å². The number of pyridine rings is 1. The topological polar surface area (TPSA) is 78.3 Å². The fraction of sp³-hybridized carbons (Fsp3) is 0.125. The molecule has 0 atom stereocenters. The zero-order valence-electron chi connectivity index (χ0n) is 17.3. The van der Waals surface area contributed by atoms with Crippen LogP contribution in [0.25, 0.3) is 16.9 Å². The lowest BCUT2D eigenvalue weighted by Crippen LogP contribution is -2.25. The molecule has 4 aromatic rings. The summed E-state index contributed by atoms with van der Waals surface area (Å²) >= 11 is 0. The van der Waals surface area contributed by atoms with Crippen molar-refractivity contribution in [1.29, 1.82) is 0 Å². The maximum Gasteiger partial charge on any atom is 0.270 e. The van der Waals surface area contributed by atoms with E-state index in [1.165, 1.54) is 0 Å². The van der Waals surface area contributed by atoms with Crippen molar-refractivity contribution >= 4 is 5.91 Å². The van der Waals surface area contributed by atoms with Gasteiger partial charge in [0.2, 0.25) is 0 Å². The molecule has 31 heavy (non-hydrogen) atoms. The summed E-state index contributed by atoms with van der Waals surface area (Å²) in [6, 6.07) is 20.5. The number of benzene rings is 2. The van der Waals surface area contributed by atoms with Gasteiger partial charge in [0.1, 0.15) is 17.2 Å². The molecule has 4 rings (SSSR count). The molecule has 0 fully saturated rings. The third-order valence-corrected chi connectivity index (χ3v) is 4.82. The molecular formula is C24H22N4O3. The van der Waals surface area contributed by atoms with Crippen molar-refractivity contribution in [2.45, 2.75) is 6.54 Å². The Morgan fingerprint density at radius 3 is 2.26 bits per heavy atom. The molecule has 0 saturated heterocycles. The number of amides is 1. The largest absolute Gasteiger partial charge is 0.497 e. The Bertz CT molecular complexity index is 1150. The Morgan fingerprint density at radius 2 is 1.65 bits per heavy atom. The van der Waals surface area contributed by atoms with Gasteiger partial charge in [0.25, 0.3) is 5.91 Å². The van der Waals surface area contributed by atoms with E-state index in [0.717, 1.165) is 28.3 Å². The van der Waals surface area contributed by atoms with Crippen molar-refractivity contribution < 1.29 is 14.3 Å². The van der Waals surface area contributed by atoms with Gasteiger partial charge in [-0.25, -0.2) is 4.68 Å². The van der Waals surface area contributed by atoms with Gasteiger partial charge in [0, 0.05) is 24.5 Å². The maximum atomic E-state index is 13.0. The minimum absolute atomic E-state index is 0.230. The summed E-state index contributed by atoms with van der Waals surface area (Å²) in [7, 11) is 3.24. The number of aromatic nitrogens is 3. The Morgan fingerprint density at radius 1 is 0.968 bits per heavy atom. The van der Waals surface area contributed by atoms with Gasteiger partial charge in [0.05, 0.1) is 25.6 Å². The number of ether oxygens (including phenoxy) is 2. The normalized spacial score (nSPS) is 10.5. The molecule has 156 valence electrons. The fourth-order valence-corrected chi connectivity index (χ4v) is 3.14. The third-order valence-electron chi connectivity index (χ3n) is 4.82. The minimum Gasteiger partial charge on any atom is -0.497 e. The molecule has 0 unspecified atom stereocenters. The lowest BCUT2D eigenvalue weighted by molar-refractivity contribution is 0.0943. The van der Waals surface area contributed by atoms with Crippen molar-refractivity contribution in [3.8, 4) is 28.4 Å². The predicted molar refractivity (Wildman–Crippen MR) is 118 cm³/mol. The Balaban J connectivity index is 1.68. The first-order chi connectivity index (χ1) is 15.2. The number of methoxy groups -OCH3 is 2. The lowest BCUT2D eigenvalue weighted by Gasteiger charge is -2.09. The highest BCUT2D eigenvalue weighted by Gasteiger charge is 2.18. The Kier molecular flexibility index (Phi) is 5.93. The number of rotatable bonds is 7. The maximum absolute atomic E-state index is 13.0. The number of carbonyl (C=O) groups is 1. The van der Waals surface area contributed by atoms with Crippen LogP contribution in [0.1, 0.15) is 16.1 Å². The standard InChI is InChI=1S/C24H22N4O3/c1-30-20-9-5-18(6-10-20)22-14-23(24(29)26-16-17-4-3-13-25-15-17)28(27-22)19-7-11-21(31-2)12-8-19/h3-15H,16H2,1-2H3,(H,26,29). The van der Waals surface area contributed by atoms with Crippen LogP contribution in [0.3, 0.4) is 0 Å². The van der Waals surface area contributed by atoms with E-state index in [1.807, 2.05) is 60.7 Å². The van der Waals surface area contributed by atoms with Crippen LogP contribution in [0.15, 0.2) is 79.1 Å². The van der Waals surface area contributed by atoms with Crippen molar-refractivity contribution in [3.05, 3.63) is 90.4 Å². The summed E-state index contributed by atoms with van der Waals surface area (Å²) < 4.78 is 12.1. The molecule has 2 heterocycles. The van der Waals surface area contributed by atoms with Crippen LogP contribution >= 0.6 is 0 Å². The van der Waals surface area contributed by atoms with Gasteiger partial charge in [-0.15, -0.1) is 0 Å². The van der Waals surface area contributed by atoms with E-state index < -0.39 is 0 Å². The zero-order chi connectivity index (χ0) is 21.6. The van der Waals surface area contributed by atoms with Gasteiger partial charge < -0.3 is 14.8 Å². The first-order valence-corrected chi connectivity index (χ1v) is 9.74. The first kappa shape index (κ1) is 20.2. The quantitative estimate of drug-likeness (QED) is 0.497. The number of hydrogen-bond acceptors (Lipinski definition) is 5. The van der Waals surface area contributed by atoms with E-state index in [0.29, 0.717) is 17.9 Å². The zero-order valence-corrected chi connectivity index (χ0v) is 17.3. The van der Waals surface area contributed by atoms with E-state index in [4.69, 9.17) is 14.6 Å². The van der Waals surface area contributed by atoms with E-state index in [9.17, 15) is 4.79 Å². The fourth-order valence-electron chi connectivity index (χ4n) is 3.14. The smallest absolute Gasteiger partial charge is 0.270 e. The van der Waals surface area contributed by atoms with Gasteiger partial charge in [-0.1, -0.05) is 6.07 Å². The minimum atomic E-state index is -0.230. The van der Waals surface area contributed by atoms with Crippen LogP contribution in [0, 0.1) is 0 Å². The molecule has 7 heteroatoms. The number of nitrogens with zero attached hydrogens (tertiary/aromatic N) is 3. The van der Waals surface area contributed by atoms with Crippen molar-refractivity contribution in [2.24, 2.45) is 0 Å².